The zero-order valence-corrected chi connectivity index (χ0v) is 12.8. The van der Waals surface area contributed by atoms with E-state index in [-0.39, 0.29) is 11.1 Å². The quantitative estimate of drug-likeness (QED) is 0.878. The standard InChI is InChI=1S/C17H18ClFO2/c1-11(2)21-14-5-3-4-13(10-14)17(20)9-12-6-7-16(19)15(18)8-12/h3-8,10-11,17,20H,9H2,1-2H3. The van der Waals surface area contributed by atoms with E-state index in [9.17, 15) is 9.50 Å². The number of benzene rings is 2. The molecule has 112 valence electrons. The van der Waals surface area contributed by atoms with Gasteiger partial charge in [-0.05, 0) is 49.2 Å². The molecular formula is C17H18ClFO2. The smallest absolute Gasteiger partial charge is 0.141 e. The first-order valence-corrected chi connectivity index (χ1v) is 7.22. The van der Waals surface area contributed by atoms with E-state index >= 15 is 0 Å². The topological polar surface area (TPSA) is 29.5 Å². The Hall–Kier alpha value is -1.58. The van der Waals surface area contributed by atoms with Crippen LogP contribution in [0.4, 0.5) is 4.39 Å². The van der Waals surface area contributed by atoms with Crippen LogP contribution in [0, 0.1) is 5.82 Å². The molecule has 4 heteroatoms. The molecule has 2 aromatic rings. The highest BCUT2D eigenvalue weighted by Gasteiger charge is 2.11. The summed E-state index contributed by atoms with van der Waals surface area (Å²) < 4.78 is 18.7. The van der Waals surface area contributed by atoms with Gasteiger partial charge in [0.1, 0.15) is 11.6 Å². The van der Waals surface area contributed by atoms with E-state index in [2.05, 4.69) is 0 Å². The van der Waals surface area contributed by atoms with E-state index in [0.29, 0.717) is 6.42 Å². The molecule has 1 N–H and O–H groups in total. The van der Waals surface area contributed by atoms with Gasteiger partial charge in [0.2, 0.25) is 0 Å². The monoisotopic (exact) mass is 308 g/mol. The average molecular weight is 309 g/mol. The van der Waals surface area contributed by atoms with Crippen LogP contribution in [0.3, 0.4) is 0 Å². The van der Waals surface area contributed by atoms with E-state index in [0.717, 1.165) is 16.9 Å². The lowest BCUT2D eigenvalue weighted by atomic mass is 10.0. The van der Waals surface area contributed by atoms with Gasteiger partial charge >= 0.3 is 0 Å². The Morgan fingerprint density at radius 3 is 2.62 bits per heavy atom. The predicted octanol–water partition coefficient (Wildman–Crippen LogP) is 4.54. The van der Waals surface area contributed by atoms with Crippen molar-refractivity contribution >= 4 is 11.6 Å². The minimum Gasteiger partial charge on any atom is -0.491 e. The third-order valence-electron chi connectivity index (χ3n) is 3.03. The van der Waals surface area contributed by atoms with Crippen molar-refractivity contribution in [3.8, 4) is 5.75 Å². The maximum atomic E-state index is 13.1. The van der Waals surface area contributed by atoms with Crippen molar-refractivity contribution in [3.05, 3.63) is 64.4 Å². The van der Waals surface area contributed by atoms with E-state index in [1.807, 2.05) is 38.1 Å². The summed E-state index contributed by atoms with van der Waals surface area (Å²) in [6, 6.07) is 11.8. The molecule has 0 radical (unpaired) electrons. The average Bonchev–Trinajstić information content (AvgIpc) is 2.42. The second kappa shape index (κ2) is 6.92. The van der Waals surface area contributed by atoms with Crippen LogP contribution in [-0.2, 0) is 6.42 Å². The number of rotatable bonds is 5. The number of hydrogen-bond donors (Lipinski definition) is 1. The summed E-state index contributed by atoms with van der Waals surface area (Å²) in [5.74, 6) is 0.265. The van der Waals surface area contributed by atoms with Crippen molar-refractivity contribution < 1.29 is 14.2 Å². The first kappa shape index (κ1) is 15.8. The van der Waals surface area contributed by atoms with Gasteiger partial charge in [0.15, 0.2) is 0 Å². The summed E-state index contributed by atoms with van der Waals surface area (Å²) in [6.45, 7) is 3.90. The van der Waals surface area contributed by atoms with Crippen LogP contribution in [0.1, 0.15) is 31.1 Å². The number of aliphatic hydroxyl groups excluding tert-OH is 1. The number of hydrogen-bond acceptors (Lipinski definition) is 2. The molecule has 0 amide bonds. The molecule has 0 saturated heterocycles. The molecule has 21 heavy (non-hydrogen) atoms. The zero-order valence-electron chi connectivity index (χ0n) is 12.0. The Morgan fingerprint density at radius 1 is 1.19 bits per heavy atom. The van der Waals surface area contributed by atoms with Gasteiger partial charge in [0.25, 0.3) is 0 Å². The van der Waals surface area contributed by atoms with Crippen LogP contribution in [0.2, 0.25) is 5.02 Å². The molecule has 0 aliphatic rings. The molecule has 0 heterocycles. The Labute approximate surface area is 129 Å². The summed E-state index contributed by atoms with van der Waals surface area (Å²) in [4.78, 5) is 0. The lowest BCUT2D eigenvalue weighted by Crippen LogP contribution is -2.07. The van der Waals surface area contributed by atoms with Crippen molar-refractivity contribution in [2.45, 2.75) is 32.5 Å². The number of halogens is 2. The molecule has 2 rings (SSSR count). The summed E-state index contributed by atoms with van der Waals surface area (Å²) in [5.41, 5.74) is 1.54. The first-order chi connectivity index (χ1) is 9.95. The van der Waals surface area contributed by atoms with Gasteiger partial charge in [-0.1, -0.05) is 29.8 Å². The molecule has 2 nitrogen and oxygen atoms in total. The summed E-state index contributed by atoms with van der Waals surface area (Å²) in [7, 11) is 0. The molecule has 2 aromatic carbocycles. The molecule has 0 saturated carbocycles. The fourth-order valence-electron chi connectivity index (χ4n) is 2.08. The SMILES string of the molecule is CC(C)Oc1cccc(C(O)Cc2ccc(F)c(Cl)c2)c1. The molecule has 0 aliphatic carbocycles. The third kappa shape index (κ3) is 4.45. The van der Waals surface area contributed by atoms with Crippen LogP contribution in [0.25, 0.3) is 0 Å². The lowest BCUT2D eigenvalue weighted by molar-refractivity contribution is 0.177. The number of ether oxygens (including phenoxy) is 1. The van der Waals surface area contributed by atoms with Crippen LogP contribution in [0.15, 0.2) is 42.5 Å². The molecule has 1 unspecified atom stereocenters. The fourth-order valence-corrected chi connectivity index (χ4v) is 2.28. The Balaban J connectivity index is 2.12. The van der Waals surface area contributed by atoms with Gasteiger partial charge in [0, 0.05) is 6.42 Å². The van der Waals surface area contributed by atoms with Crippen LogP contribution < -0.4 is 4.74 Å². The van der Waals surface area contributed by atoms with Gasteiger partial charge in [-0.15, -0.1) is 0 Å². The van der Waals surface area contributed by atoms with E-state index < -0.39 is 11.9 Å². The van der Waals surface area contributed by atoms with Gasteiger partial charge < -0.3 is 9.84 Å². The molecule has 0 spiro atoms. The van der Waals surface area contributed by atoms with E-state index in [1.54, 1.807) is 6.07 Å². The van der Waals surface area contributed by atoms with E-state index in [4.69, 9.17) is 16.3 Å². The fraction of sp³-hybridized carbons (Fsp3) is 0.294. The van der Waals surface area contributed by atoms with Crippen molar-refractivity contribution in [3.63, 3.8) is 0 Å². The summed E-state index contributed by atoms with van der Waals surface area (Å²) >= 11 is 5.75. The van der Waals surface area contributed by atoms with Gasteiger partial charge in [-0.3, -0.25) is 0 Å². The zero-order chi connectivity index (χ0) is 15.4. The highest BCUT2D eigenvalue weighted by molar-refractivity contribution is 6.30. The maximum Gasteiger partial charge on any atom is 0.141 e. The Morgan fingerprint density at radius 2 is 1.95 bits per heavy atom. The van der Waals surface area contributed by atoms with Crippen LogP contribution in [-0.4, -0.2) is 11.2 Å². The van der Waals surface area contributed by atoms with Gasteiger partial charge in [-0.25, -0.2) is 4.39 Å². The number of aliphatic hydroxyl groups is 1. The Bertz CT molecular complexity index is 613. The van der Waals surface area contributed by atoms with Crippen molar-refractivity contribution in [1.82, 2.24) is 0 Å². The summed E-state index contributed by atoms with van der Waals surface area (Å²) in [6.07, 6.45) is -0.249. The predicted molar refractivity (Wildman–Crippen MR) is 82.3 cm³/mol. The normalized spacial score (nSPS) is 12.5. The lowest BCUT2D eigenvalue weighted by Gasteiger charge is -2.14. The maximum absolute atomic E-state index is 13.1. The minimum atomic E-state index is -0.692. The van der Waals surface area contributed by atoms with Crippen LogP contribution >= 0.6 is 11.6 Å². The van der Waals surface area contributed by atoms with Crippen molar-refractivity contribution in [2.75, 3.05) is 0 Å². The third-order valence-corrected chi connectivity index (χ3v) is 3.32. The molecule has 1 atom stereocenters. The first-order valence-electron chi connectivity index (χ1n) is 6.84. The molecule has 0 bridgehead atoms. The van der Waals surface area contributed by atoms with Crippen LogP contribution in [0.5, 0.6) is 5.75 Å². The molecular weight excluding hydrogens is 291 g/mol. The second-order valence-corrected chi connectivity index (χ2v) is 5.61. The molecule has 0 aromatic heterocycles. The highest BCUT2D eigenvalue weighted by Crippen LogP contribution is 2.25. The summed E-state index contributed by atoms with van der Waals surface area (Å²) in [5, 5.41) is 10.4. The van der Waals surface area contributed by atoms with Crippen molar-refractivity contribution in [2.24, 2.45) is 0 Å². The van der Waals surface area contributed by atoms with Crippen molar-refractivity contribution in [1.29, 1.82) is 0 Å². The highest BCUT2D eigenvalue weighted by atomic mass is 35.5. The minimum absolute atomic E-state index is 0.0663. The Kier molecular flexibility index (Phi) is 5.21. The van der Waals surface area contributed by atoms with Gasteiger partial charge in [-0.2, -0.15) is 0 Å². The van der Waals surface area contributed by atoms with E-state index in [1.165, 1.54) is 12.1 Å². The largest absolute Gasteiger partial charge is 0.491 e. The second-order valence-electron chi connectivity index (χ2n) is 5.21. The molecule has 0 fully saturated rings. The molecule has 0 aliphatic heterocycles. The van der Waals surface area contributed by atoms with Gasteiger partial charge in [0.05, 0.1) is 17.2 Å².